The van der Waals surface area contributed by atoms with Crippen LogP contribution in [0.1, 0.15) is 39.0 Å². The van der Waals surface area contributed by atoms with Crippen LogP contribution in [0.25, 0.3) is 0 Å². The van der Waals surface area contributed by atoms with Crippen LogP contribution in [0.5, 0.6) is 0 Å². The van der Waals surface area contributed by atoms with E-state index in [2.05, 4.69) is 12.2 Å². The molecule has 16 heavy (non-hydrogen) atoms. The highest BCUT2D eigenvalue weighted by Crippen LogP contribution is 2.25. The van der Waals surface area contributed by atoms with Gasteiger partial charge < -0.3 is 5.32 Å². The molecular formula is C12H23NO2S. The first kappa shape index (κ1) is 12.4. The minimum absolute atomic E-state index is 0.402. The Labute approximate surface area is 98.9 Å². The lowest BCUT2D eigenvalue weighted by Crippen LogP contribution is -2.37. The molecular weight excluding hydrogens is 222 g/mol. The Balaban J connectivity index is 1.71. The molecule has 0 bridgehead atoms. The Morgan fingerprint density at radius 1 is 1.12 bits per heavy atom. The maximum Gasteiger partial charge on any atom is 0.150 e. The summed E-state index contributed by atoms with van der Waals surface area (Å²) in [6, 6.07) is 0.679. The average molecular weight is 245 g/mol. The van der Waals surface area contributed by atoms with Gasteiger partial charge in [-0.25, -0.2) is 8.42 Å². The van der Waals surface area contributed by atoms with Gasteiger partial charge in [-0.15, -0.1) is 0 Å². The SMILES string of the molecule is CC1CCCC1NCC1CCS(=O)(=O)CC1. The van der Waals surface area contributed by atoms with Crippen molar-refractivity contribution in [1.82, 2.24) is 5.32 Å². The lowest BCUT2D eigenvalue weighted by Gasteiger charge is -2.25. The summed E-state index contributed by atoms with van der Waals surface area (Å²) in [5.41, 5.74) is 0. The van der Waals surface area contributed by atoms with Gasteiger partial charge >= 0.3 is 0 Å². The molecule has 2 rings (SSSR count). The van der Waals surface area contributed by atoms with Crippen LogP contribution in [-0.2, 0) is 9.84 Å². The van der Waals surface area contributed by atoms with Crippen LogP contribution >= 0.6 is 0 Å². The highest BCUT2D eigenvalue weighted by Gasteiger charge is 2.26. The van der Waals surface area contributed by atoms with Crippen LogP contribution < -0.4 is 5.32 Å². The fourth-order valence-corrected chi connectivity index (χ4v) is 4.50. The third kappa shape index (κ3) is 3.20. The predicted octanol–water partition coefficient (Wildman–Crippen LogP) is 1.59. The van der Waals surface area contributed by atoms with E-state index in [0.717, 1.165) is 25.3 Å². The van der Waals surface area contributed by atoms with E-state index in [4.69, 9.17) is 0 Å². The van der Waals surface area contributed by atoms with Crippen molar-refractivity contribution in [2.45, 2.75) is 45.1 Å². The van der Waals surface area contributed by atoms with Crippen molar-refractivity contribution in [3.05, 3.63) is 0 Å². The van der Waals surface area contributed by atoms with Crippen molar-refractivity contribution in [2.24, 2.45) is 11.8 Å². The van der Waals surface area contributed by atoms with E-state index >= 15 is 0 Å². The monoisotopic (exact) mass is 245 g/mol. The van der Waals surface area contributed by atoms with Gasteiger partial charge in [0.1, 0.15) is 9.84 Å². The van der Waals surface area contributed by atoms with Gasteiger partial charge in [0.2, 0.25) is 0 Å². The van der Waals surface area contributed by atoms with E-state index < -0.39 is 9.84 Å². The molecule has 94 valence electrons. The summed E-state index contributed by atoms with van der Waals surface area (Å²) >= 11 is 0. The second-order valence-corrected chi connectivity index (χ2v) is 7.82. The standard InChI is InChI=1S/C12H23NO2S/c1-10-3-2-4-12(10)13-9-11-5-7-16(14,15)8-6-11/h10-13H,2-9H2,1H3. The normalized spacial score (nSPS) is 35.3. The van der Waals surface area contributed by atoms with E-state index in [9.17, 15) is 8.42 Å². The van der Waals surface area contributed by atoms with Gasteiger partial charge in [0.15, 0.2) is 0 Å². The molecule has 3 nitrogen and oxygen atoms in total. The fourth-order valence-electron chi connectivity index (χ4n) is 2.91. The molecule has 1 aliphatic heterocycles. The van der Waals surface area contributed by atoms with Crippen molar-refractivity contribution >= 4 is 9.84 Å². The molecule has 1 saturated heterocycles. The maximum atomic E-state index is 11.3. The average Bonchev–Trinajstić information content (AvgIpc) is 2.63. The number of rotatable bonds is 3. The van der Waals surface area contributed by atoms with Gasteiger partial charge in [-0.05, 0) is 44.1 Å². The molecule has 0 radical (unpaired) electrons. The predicted molar refractivity (Wildman–Crippen MR) is 66.2 cm³/mol. The first-order chi connectivity index (χ1) is 7.57. The van der Waals surface area contributed by atoms with Crippen molar-refractivity contribution in [3.8, 4) is 0 Å². The van der Waals surface area contributed by atoms with Gasteiger partial charge in [0.25, 0.3) is 0 Å². The summed E-state index contributed by atoms with van der Waals surface area (Å²) in [5.74, 6) is 2.18. The molecule has 4 heteroatoms. The van der Waals surface area contributed by atoms with Gasteiger partial charge in [0, 0.05) is 6.04 Å². The van der Waals surface area contributed by atoms with Crippen molar-refractivity contribution in [3.63, 3.8) is 0 Å². The van der Waals surface area contributed by atoms with Crippen molar-refractivity contribution in [2.75, 3.05) is 18.1 Å². The number of nitrogens with one attached hydrogen (secondary N) is 1. The molecule has 0 aromatic heterocycles. The van der Waals surface area contributed by atoms with E-state index in [1.165, 1.54) is 19.3 Å². The van der Waals surface area contributed by atoms with Crippen molar-refractivity contribution < 1.29 is 8.42 Å². The molecule has 1 N–H and O–H groups in total. The zero-order chi connectivity index (χ0) is 11.6. The molecule has 1 heterocycles. The first-order valence-electron chi connectivity index (χ1n) is 6.50. The third-order valence-electron chi connectivity index (χ3n) is 4.20. The zero-order valence-electron chi connectivity index (χ0n) is 10.1. The highest BCUT2D eigenvalue weighted by molar-refractivity contribution is 7.91. The topological polar surface area (TPSA) is 46.2 Å². The number of sulfone groups is 1. The molecule has 0 aromatic rings. The highest BCUT2D eigenvalue weighted by atomic mass is 32.2. The van der Waals surface area contributed by atoms with Gasteiger partial charge in [0.05, 0.1) is 11.5 Å². The summed E-state index contributed by atoms with van der Waals surface area (Å²) in [5, 5.41) is 3.63. The minimum atomic E-state index is -2.69. The largest absolute Gasteiger partial charge is 0.313 e. The molecule has 0 aromatic carbocycles. The molecule has 2 fully saturated rings. The number of hydrogen-bond acceptors (Lipinski definition) is 3. The smallest absolute Gasteiger partial charge is 0.150 e. The summed E-state index contributed by atoms with van der Waals surface area (Å²) < 4.78 is 22.6. The summed E-state index contributed by atoms with van der Waals surface area (Å²) in [7, 11) is -2.69. The van der Waals surface area contributed by atoms with Crippen LogP contribution in [0.4, 0.5) is 0 Å². The minimum Gasteiger partial charge on any atom is -0.313 e. The number of hydrogen-bond donors (Lipinski definition) is 1. The Morgan fingerprint density at radius 2 is 1.81 bits per heavy atom. The molecule has 1 saturated carbocycles. The second-order valence-electron chi connectivity index (χ2n) is 5.52. The fraction of sp³-hybridized carbons (Fsp3) is 1.00. The molecule has 0 amide bonds. The van der Waals surface area contributed by atoms with Gasteiger partial charge in [-0.3, -0.25) is 0 Å². The van der Waals surface area contributed by atoms with Crippen LogP contribution in [0.15, 0.2) is 0 Å². The Hall–Kier alpha value is -0.0900. The molecule has 0 spiro atoms. The molecule has 2 atom stereocenters. The Kier molecular flexibility index (Phi) is 3.90. The molecule has 2 aliphatic rings. The molecule has 2 unspecified atom stereocenters. The quantitative estimate of drug-likeness (QED) is 0.821. The zero-order valence-corrected chi connectivity index (χ0v) is 10.9. The molecule has 1 aliphatic carbocycles. The first-order valence-corrected chi connectivity index (χ1v) is 8.33. The summed E-state index contributed by atoms with van der Waals surface area (Å²) in [6.45, 7) is 3.33. The van der Waals surface area contributed by atoms with E-state index in [1.54, 1.807) is 0 Å². The van der Waals surface area contributed by atoms with Crippen LogP contribution in [0.3, 0.4) is 0 Å². The van der Waals surface area contributed by atoms with Crippen molar-refractivity contribution in [1.29, 1.82) is 0 Å². The lowest BCUT2D eigenvalue weighted by atomic mass is 10.0. The Morgan fingerprint density at radius 3 is 2.38 bits per heavy atom. The van der Waals surface area contributed by atoms with E-state index in [-0.39, 0.29) is 0 Å². The third-order valence-corrected chi connectivity index (χ3v) is 5.92. The Bertz CT molecular complexity index is 312. The van der Waals surface area contributed by atoms with Crippen LogP contribution in [0.2, 0.25) is 0 Å². The maximum absolute atomic E-state index is 11.3. The van der Waals surface area contributed by atoms with Gasteiger partial charge in [-0.1, -0.05) is 13.3 Å². The van der Waals surface area contributed by atoms with E-state index in [1.807, 2.05) is 0 Å². The summed E-state index contributed by atoms with van der Waals surface area (Å²) in [4.78, 5) is 0. The van der Waals surface area contributed by atoms with E-state index in [0.29, 0.717) is 23.5 Å². The lowest BCUT2D eigenvalue weighted by molar-refractivity contribution is 0.363. The van der Waals surface area contributed by atoms with Crippen LogP contribution in [0, 0.1) is 11.8 Å². The summed E-state index contributed by atoms with van der Waals surface area (Å²) in [6.07, 6.45) is 5.70. The van der Waals surface area contributed by atoms with Crippen LogP contribution in [-0.4, -0.2) is 32.5 Å². The van der Waals surface area contributed by atoms with Gasteiger partial charge in [-0.2, -0.15) is 0 Å². The second kappa shape index (κ2) is 5.05.